The van der Waals surface area contributed by atoms with Crippen LogP contribution < -0.4 is 14.9 Å². The SMILES string of the molecule is COc1ccc(CC(=O)N/N=C\c2ccc(OC(C)=O)cc2)cc1. The van der Waals surface area contributed by atoms with Crippen LogP contribution in [0.4, 0.5) is 0 Å². The summed E-state index contributed by atoms with van der Waals surface area (Å²) in [5.74, 6) is 0.618. The Labute approximate surface area is 140 Å². The van der Waals surface area contributed by atoms with Crippen molar-refractivity contribution in [3.63, 3.8) is 0 Å². The highest BCUT2D eigenvalue weighted by atomic mass is 16.5. The van der Waals surface area contributed by atoms with E-state index in [1.54, 1.807) is 43.5 Å². The second kappa shape index (κ2) is 8.47. The van der Waals surface area contributed by atoms with Gasteiger partial charge in [-0.25, -0.2) is 5.43 Å². The molecule has 0 saturated carbocycles. The number of hydrogen-bond donors (Lipinski definition) is 1. The Bertz CT molecular complexity index is 722. The van der Waals surface area contributed by atoms with Gasteiger partial charge in [0.05, 0.1) is 19.7 Å². The third-order valence-corrected chi connectivity index (χ3v) is 3.07. The molecule has 2 aromatic rings. The average molecular weight is 326 g/mol. The van der Waals surface area contributed by atoms with E-state index in [1.165, 1.54) is 13.1 Å². The number of hydrogen-bond acceptors (Lipinski definition) is 5. The van der Waals surface area contributed by atoms with Crippen LogP contribution in [0, 0.1) is 0 Å². The van der Waals surface area contributed by atoms with Gasteiger partial charge in [0.1, 0.15) is 11.5 Å². The first-order valence-electron chi connectivity index (χ1n) is 7.30. The molecule has 0 aromatic heterocycles. The van der Waals surface area contributed by atoms with Crippen molar-refractivity contribution in [2.24, 2.45) is 5.10 Å². The van der Waals surface area contributed by atoms with E-state index in [2.05, 4.69) is 10.5 Å². The first-order valence-corrected chi connectivity index (χ1v) is 7.30. The third-order valence-electron chi connectivity index (χ3n) is 3.07. The van der Waals surface area contributed by atoms with Crippen molar-refractivity contribution >= 4 is 18.1 Å². The lowest BCUT2D eigenvalue weighted by Crippen LogP contribution is -2.19. The number of rotatable bonds is 6. The maximum Gasteiger partial charge on any atom is 0.308 e. The van der Waals surface area contributed by atoms with Gasteiger partial charge in [0.25, 0.3) is 0 Å². The lowest BCUT2D eigenvalue weighted by Gasteiger charge is -2.03. The van der Waals surface area contributed by atoms with Crippen LogP contribution in [0.15, 0.2) is 53.6 Å². The lowest BCUT2D eigenvalue weighted by molar-refractivity contribution is -0.131. The molecule has 0 radical (unpaired) electrons. The molecule has 1 amide bonds. The molecule has 0 spiro atoms. The smallest absolute Gasteiger partial charge is 0.308 e. The minimum absolute atomic E-state index is 0.215. The minimum Gasteiger partial charge on any atom is -0.497 e. The number of carbonyl (C=O) groups excluding carboxylic acids is 2. The Morgan fingerprint density at radius 2 is 1.67 bits per heavy atom. The molecule has 0 heterocycles. The fourth-order valence-electron chi connectivity index (χ4n) is 1.94. The van der Waals surface area contributed by atoms with Gasteiger partial charge < -0.3 is 9.47 Å². The summed E-state index contributed by atoms with van der Waals surface area (Å²) in [6.07, 6.45) is 1.75. The minimum atomic E-state index is -0.373. The van der Waals surface area contributed by atoms with Gasteiger partial charge in [0.15, 0.2) is 0 Å². The van der Waals surface area contributed by atoms with Gasteiger partial charge >= 0.3 is 5.97 Å². The number of amides is 1. The first-order chi connectivity index (χ1) is 11.6. The fourth-order valence-corrected chi connectivity index (χ4v) is 1.94. The molecule has 24 heavy (non-hydrogen) atoms. The first kappa shape index (κ1) is 17.2. The molecule has 2 rings (SSSR count). The summed E-state index contributed by atoms with van der Waals surface area (Å²) in [6.45, 7) is 1.34. The summed E-state index contributed by atoms with van der Waals surface area (Å²) < 4.78 is 10.00. The van der Waals surface area contributed by atoms with Gasteiger partial charge in [-0.1, -0.05) is 12.1 Å². The normalized spacial score (nSPS) is 10.4. The van der Waals surface area contributed by atoms with Crippen molar-refractivity contribution in [3.8, 4) is 11.5 Å². The summed E-state index contributed by atoms with van der Waals surface area (Å²) in [5.41, 5.74) is 4.11. The Morgan fingerprint density at radius 1 is 1.04 bits per heavy atom. The van der Waals surface area contributed by atoms with Crippen molar-refractivity contribution in [2.45, 2.75) is 13.3 Å². The van der Waals surface area contributed by atoms with Crippen molar-refractivity contribution in [3.05, 3.63) is 59.7 Å². The molecule has 2 aromatic carbocycles. The summed E-state index contributed by atoms with van der Waals surface area (Å²) in [7, 11) is 1.59. The molecular weight excluding hydrogens is 308 g/mol. The number of esters is 1. The third kappa shape index (κ3) is 5.57. The van der Waals surface area contributed by atoms with Gasteiger partial charge in [-0.05, 0) is 47.5 Å². The molecule has 0 bridgehead atoms. The van der Waals surface area contributed by atoms with Crippen LogP contribution in [-0.4, -0.2) is 25.2 Å². The topological polar surface area (TPSA) is 77.0 Å². The van der Waals surface area contributed by atoms with Gasteiger partial charge in [-0.2, -0.15) is 5.10 Å². The predicted molar refractivity (Wildman–Crippen MR) is 90.2 cm³/mol. The fraction of sp³-hybridized carbons (Fsp3) is 0.167. The average Bonchev–Trinajstić information content (AvgIpc) is 2.57. The number of nitrogens with zero attached hydrogens (tertiary/aromatic N) is 1. The highest BCUT2D eigenvalue weighted by Gasteiger charge is 2.02. The van der Waals surface area contributed by atoms with Crippen LogP contribution in [0.5, 0.6) is 11.5 Å². The molecule has 0 aliphatic carbocycles. The Hall–Kier alpha value is -3.15. The molecule has 6 heteroatoms. The number of hydrazone groups is 1. The summed E-state index contributed by atoms with van der Waals surface area (Å²) in [4.78, 5) is 22.6. The summed E-state index contributed by atoms with van der Waals surface area (Å²) in [6, 6.07) is 14.0. The van der Waals surface area contributed by atoms with Crippen molar-refractivity contribution in [1.29, 1.82) is 0 Å². The number of benzene rings is 2. The molecule has 0 fully saturated rings. The van der Waals surface area contributed by atoms with E-state index in [4.69, 9.17) is 9.47 Å². The molecule has 1 N–H and O–H groups in total. The number of nitrogens with one attached hydrogen (secondary N) is 1. The predicted octanol–water partition coefficient (Wildman–Crippen LogP) is 2.31. The van der Waals surface area contributed by atoms with E-state index in [1.807, 2.05) is 12.1 Å². The van der Waals surface area contributed by atoms with E-state index < -0.39 is 0 Å². The monoisotopic (exact) mass is 326 g/mol. The largest absolute Gasteiger partial charge is 0.497 e. The molecule has 0 atom stereocenters. The highest BCUT2D eigenvalue weighted by Crippen LogP contribution is 2.12. The quantitative estimate of drug-likeness (QED) is 0.382. The van der Waals surface area contributed by atoms with Crippen LogP contribution in [0.3, 0.4) is 0 Å². The molecule has 124 valence electrons. The Balaban J connectivity index is 1.83. The molecule has 6 nitrogen and oxygen atoms in total. The number of carbonyl (C=O) groups is 2. The van der Waals surface area contributed by atoms with Gasteiger partial charge in [-0.15, -0.1) is 0 Å². The zero-order valence-electron chi connectivity index (χ0n) is 13.5. The highest BCUT2D eigenvalue weighted by molar-refractivity contribution is 5.83. The van der Waals surface area contributed by atoms with Crippen molar-refractivity contribution in [1.82, 2.24) is 5.43 Å². The molecular formula is C18H18N2O4. The van der Waals surface area contributed by atoms with E-state index in [0.717, 1.165) is 16.9 Å². The van der Waals surface area contributed by atoms with Gasteiger partial charge in [-0.3, -0.25) is 9.59 Å². The summed E-state index contributed by atoms with van der Waals surface area (Å²) in [5, 5.41) is 3.91. The van der Waals surface area contributed by atoms with Crippen LogP contribution in [0.2, 0.25) is 0 Å². The lowest BCUT2D eigenvalue weighted by atomic mass is 10.1. The van der Waals surface area contributed by atoms with E-state index >= 15 is 0 Å². The maximum absolute atomic E-state index is 11.8. The second-order valence-corrected chi connectivity index (χ2v) is 4.98. The molecule has 0 aliphatic rings. The van der Waals surface area contributed by atoms with Crippen LogP contribution in [0.1, 0.15) is 18.1 Å². The standard InChI is InChI=1S/C18H18N2O4/c1-13(21)24-17-9-5-15(6-10-17)12-19-20-18(22)11-14-3-7-16(23-2)8-4-14/h3-10,12H,11H2,1-2H3,(H,20,22)/b19-12-. The van der Waals surface area contributed by atoms with E-state index in [-0.39, 0.29) is 18.3 Å². The zero-order chi connectivity index (χ0) is 17.4. The van der Waals surface area contributed by atoms with Crippen LogP contribution in [0.25, 0.3) is 0 Å². The maximum atomic E-state index is 11.8. The van der Waals surface area contributed by atoms with E-state index in [0.29, 0.717) is 5.75 Å². The van der Waals surface area contributed by atoms with Crippen LogP contribution >= 0.6 is 0 Å². The number of methoxy groups -OCH3 is 1. The van der Waals surface area contributed by atoms with Crippen molar-refractivity contribution in [2.75, 3.05) is 7.11 Å². The van der Waals surface area contributed by atoms with Gasteiger partial charge in [0, 0.05) is 6.92 Å². The second-order valence-electron chi connectivity index (χ2n) is 4.98. The number of ether oxygens (including phenoxy) is 2. The molecule has 0 unspecified atom stereocenters. The van der Waals surface area contributed by atoms with Gasteiger partial charge in [0.2, 0.25) is 5.91 Å². The van der Waals surface area contributed by atoms with E-state index in [9.17, 15) is 9.59 Å². The molecule has 0 saturated heterocycles. The summed E-state index contributed by atoms with van der Waals surface area (Å²) >= 11 is 0. The zero-order valence-corrected chi connectivity index (χ0v) is 13.5. The van der Waals surface area contributed by atoms with Crippen molar-refractivity contribution < 1.29 is 19.1 Å². The van der Waals surface area contributed by atoms with Crippen LogP contribution in [-0.2, 0) is 16.0 Å². The Morgan fingerprint density at radius 3 is 2.25 bits per heavy atom. The Kier molecular flexibility index (Phi) is 6.08. The molecule has 0 aliphatic heterocycles.